The van der Waals surface area contributed by atoms with Gasteiger partial charge in [-0.2, -0.15) is 0 Å². The third-order valence-corrected chi connectivity index (χ3v) is 6.03. The van der Waals surface area contributed by atoms with Crippen molar-refractivity contribution in [2.75, 3.05) is 25.0 Å². The van der Waals surface area contributed by atoms with E-state index in [9.17, 15) is 9.59 Å². The van der Waals surface area contributed by atoms with E-state index in [1.165, 1.54) is 0 Å². The minimum atomic E-state index is -0.195. The number of ether oxygens (including phenoxy) is 1. The Labute approximate surface area is 182 Å². The van der Waals surface area contributed by atoms with Crippen LogP contribution in [0.5, 0.6) is 0 Å². The van der Waals surface area contributed by atoms with Crippen molar-refractivity contribution in [3.63, 3.8) is 0 Å². The van der Waals surface area contributed by atoms with Crippen LogP contribution >= 0.6 is 0 Å². The van der Waals surface area contributed by atoms with E-state index >= 15 is 0 Å². The minimum Gasteiger partial charge on any atom is -0.376 e. The van der Waals surface area contributed by atoms with Gasteiger partial charge in [-0.1, -0.05) is 30.3 Å². The quantitative estimate of drug-likeness (QED) is 0.608. The number of H-pyrrole nitrogens is 1. The summed E-state index contributed by atoms with van der Waals surface area (Å²) in [5.74, 6) is -0.268. The van der Waals surface area contributed by atoms with Crippen LogP contribution in [0.3, 0.4) is 0 Å². The number of aryl methyl sites for hydroxylation is 1. The molecule has 4 rings (SSSR count). The molecule has 31 heavy (non-hydrogen) atoms. The molecule has 0 unspecified atom stereocenters. The van der Waals surface area contributed by atoms with Crippen LogP contribution in [-0.4, -0.2) is 47.5 Å². The number of benzene rings is 2. The van der Waals surface area contributed by atoms with Gasteiger partial charge in [0.25, 0.3) is 0 Å². The summed E-state index contributed by atoms with van der Waals surface area (Å²) in [6.45, 7) is 5.15. The number of nitrogens with zero attached hydrogens (tertiary/aromatic N) is 1. The number of carbonyl (C=O) groups is 2. The first-order chi connectivity index (χ1) is 15.0. The summed E-state index contributed by atoms with van der Waals surface area (Å²) >= 11 is 0. The van der Waals surface area contributed by atoms with Gasteiger partial charge in [-0.05, 0) is 55.5 Å². The third-order valence-electron chi connectivity index (χ3n) is 6.03. The van der Waals surface area contributed by atoms with Crippen molar-refractivity contribution in [3.05, 3.63) is 65.4 Å². The van der Waals surface area contributed by atoms with Crippen LogP contribution in [0.1, 0.15) is 29.5 Å². The zero-order chi connectivity index (χ0) is 21.8. The first kappa shape index (κ1) is 21.1. The molecular formula is C25H29N3O3. The molecule has 6 heteroatoms. The maximum Gasteiger partial charge on any atom is 0.244 e. The molecule has 2 heterocycles. The summed E-state index contributed by atoms with van der Waals surface area (Å²) in [5, 5.41) is 4.00. The molecule has 6 nitrogen and oxygen atoms in total. The molecule has 0 radical (unpaired) electrons. The molecule has 0 aliphatic carbocycles. The summed E-state index contributed by atoms with van der Waals surface area (Å²) in [4.78, 5) is 30.9. The summed E-state index contributed by atoms with van der Waals surface area (Å²) in [7, 11) is 0. The molecule has 0 saturated carbocycles. The van der Waals surface area contributed by atoms with Gasteiger partial charge in [0.1, 0.15) is 0 Å². The molecule has 2 aromatic carbocycles. The van der Waals surface area contributed by atoms with Crippen LogP contribution in [0.4, 0.5) is 5.69 Å². The average Bonchev–Trinajstić information content (AvgIpc) is 3.41. The van der Waals surface area contributed by atoms with Crippen molar-refractivity contribution < 1.29 is 14.3 Å². The van der Waals surface area contributed by atoms with Crippen molar-refractivity contribution in [3.8, 4) is 0 Å². The number of hydrogen-bond acceptors (Lipinski definition) is 3. The number of carbonyl (C=O) groups excluding carboxylic acids is 2. The fourth-order valence-electron chi connectivity index (χ4n) is 4.09. The van der Waals surface area contributed by atoms with Crippen molar-refractivity contribution in [2.24, 2.45) is 0 Å². The number of amides is 2. The maximum absolute atomic E-state index is 13.2. The molecule has 2 amide bonds. The number of para-hydroxylation sites is 1. The number of fused-ring (bicyclic) bond motifs is 1. The van der Waals surface area contributed by atoms with Crippen LogP contribution in [0.25, 0.3) is 10.9 Å². The molecule has 0 bridgehead atoms. The topological polar surface area (TPSA) is 74.4 Å². The van der Waals surface area contributed by atoms with Crippen LogP contribution in [0, 0.1) is 13.8 Å². The van der Waals surface area contributed by atoms with Gasteiger partial charge in [0, 0.05) is 35.9 Å². The largest absolute Gasteiger partial charge is 0.376 e. The van der Waals surface area contributed by atoms with E-state index in [0.717, 1.165) is 46.1 Å². The molecule has 1 aromatic heterocycles. The summed E-state index contributed by atoms with van der Waals surface area (Å²) in [6.07, 6.45) is 4.01. The van der Waals surface area contributed by atoms with Gasteiger partial charge in [-0.3, -0.25) is 9.59 Å². The Balaban J connectivity index is 1.48. The normalized spacial score (nSPS) is 15.9. The Hall–Kier alpha value is -3.12. The van der Waals surface area contributed by atoms with Gasteiger partial charge in [0.2, 0.25) is 11.8 Å². The molecule has 2 N–H and O–H groups in total. The Morgan fingerprint density at radius 3 is 2.81 bits per heavy atom. The average molecular weight is 420 g/mol. The zero-order valence-electron chi connectivity index (χ0n) is 18.1. The molecule has 162 valence electrons. The van der Waals surface area contributed by atoms with Crippen LogP contribution < -0.4 is 5.32 Å². The van der Waals surface area contributed by atoms with Crippen LogP contribution in [-0.2, 0) is 20.7 Å². The molecule has 1 aliphatic heterocycles. The summed E-state index contributed by atoms with van der Waals surface area (Å²) in [6, 6.07) is 13.7. The SMILES string of the molecule is Cc1cccc(NC(=O)CN(C[C@@H]2CCCO2)C(=O)Cc2c[nH]c3ccccc23)c1C. The molecule has 1 atom stereocenters. The fourth-order valence-corrected chi connectivity index (χ4v) is 4.09. The molecule has 1 fully saturated rings. The first-order valence-corrected chi connectivity index (χ1v) is 10.8. The standard InChI is InChI=1S/C25H29N3O3/c1-17-7-5-11-22(18(17)2)27-24(29)16-28(15-20-8-6-12-31-20)25(30)13-19-14-26-23-10-4-3-9-21(19)23/h3-5,7,9-11,14,20,26H,6,8,12-13,15-16H2,1-2H3,(H,27,29)/t20-/m0/s1. The highest BCUT2D eigenvalue weighted by molar-refractivity contribution is 5.96. The van der Waals surface area contributed by atoms with Crippen molar-refractivity contribution >= 4 is 28.4 Å². The number of aromatic nitrogens is 1. The van der Waals surface area contributed by atoms with Gasteiger partial charge < -0.3 is 19.9 Å². The molecule has 1 aliphatic rings. The second-order valence-corrected chi connectivity index (χ2v) is 8.24. The van der Waals surface area contributed by atoms with E-state index in [1.807, 2.05) is 62.5 Å². The fraction of sp³-hybridized carbons (Fsp3) is 0.360. The number of nitrogens with one attached hydrogen (secondary N) is 2. The van der Waals surface area contributed by atoms with E-state index in [4.69, 9.17) is 4.74 Å². The number of anilines is 1. The predicted octanol–water partition coefficient (Wildman–Crippen LogP) is 3.97. The maximum atomic E-state index is 13.2. The van der Waals surface area contributed by atoms with Crippen LogP contribution in [0.15, 0.2) is 48.7 Å². The van der Waals surface area contributed by atoms with E-state index < -0.39 is 0 Å². The van der Waals surface area contributed by atoms with E-state index in [0.29, 0.717) is 13.2 Å². The van der Waals surface area contributed by atoms with Gasteiger partial charge >= 0.3 is 0 Å². The van der Waals surface area contributed by atoms with Crippen molar-refractivity contribution in [1.82, 2.24) is 9.88 Å². The van der Waals surface area contributed by atoms with Gasteiger partial charge in [0.05, 0.1) is 19.1 Å². The first-order valence-electron chi connectivity index (χ1n) is 10.8. The lowest BCUT2D eigenvalue weighted by molar-refractivity contribution is -0.135. The second-order valence-electron chi connectivity index (χ2n) is 8.24. The lowest BCUT2D eigenvalue weighted by atomic mass is 10.1. The summed E-state index contributed by atoms with van der Waals surface area (Å²) in [5.41, 5.74) is 4.87. The Morgan fingerprint density at radius 1 is 1.16 bits per heavy atom. The Kier molecular flexibility index (Phi) is 6.37. The van der Waals surface area contributed by atoms with Crippen LogP contribution in [0.2, 0.25) is 0 Å². The number of aromatic amines is 1. The Morgan fingerprint density at radius 2 is 2.00 bits per heavy atom. The predicted molar refractivity (Wildman–Crippen MR) is 122 cm³/mol. The monoisotopic (exact) mass is 419 g/mol. The van der Waals surface area contributed by atoms with Gasteiger partial charge in [-0.15, -0.1) is 0 Å². The minimum absolute atomic E-state index is 0.00836. The zero-order valence-corrected chi connectivity index (χ0v) is 18.1. The third kappa shape index (κ3) is 4.97. The van der Waals surface area contributed by atoms with Crippen molar-refractivity contribution in [2.45, 2.75) is 39.2 Å². The molecule has 3 aromatic rings. The van der Waals surface area contributed by atoms with E-state index in [2.05, 4.69) is 10.3 Å². The van der Waals surface area contributed by atoms with Gasteiger partial charge in [-0.25, -0.2) is 0 Å². The number of hydrogen-bond donors (Lipinski definition) is 2. The Bertz CT molecular complexity index is 1080. The van der Waals surface area contributed by atoms with E-state index in [1.54, 1.807) is 4.90 Å². The second kappa shape index (κ2) is 9.35. The molecule has 0 spiro atoms. The van der Waals surface area contributed by atoms with E-state index in [-0.39, 0.29) is 30.9 Å². The lowest BCUT2D eigenvalue weighted by Gasteiger charge is -2.25. The molecular weight excluding hydrogens is 390 g/mol. The summed E-state index contributed by atoms with van der Waals surface area (Å²) < 4.78 is 5.74. The lowest BCUT2D eigenvalue weighted by Crippen LogP contribution is -2.43. The van der Waals surface area contributed by atoms with Crippen molar-refractivity contribution in [1.29, 1.82) is 0 Å². The highest BCUT2D eigenvalue weighted by atomic mass is 16.5. The highest BCUT2D eigenvalue weighted by Crippen LogP contribution is 2.21. The smallest absolute Gasteiger partial charge is 0.244 e. The highest BCUT2D eigenvalue weighted by Gasteiger charge is 2.25. The van der Waals surface area contributed by atoms with Gasteiger partial charge in [0.15, 0.2) is 0 Å². The molecule has 1 saturated heterocycles. The number of rotatable bonds is 7.